The maximum Gasteiger partial charge on any atom is 0.339 e. The Kier molecular flexibility index (Phi) is 5.07. The van der Waals surface area contributed by atoms with Crippen molar-refractivity contribution in [3.05, 3.63) is 68.6 Å². The predicted octanol–water partition coefficient (Wildman–Crippen LogP) is 3.69. The van der Waals surface area contributed by atoms with Crippen molar-refractivity contribution in [2.75, 3.05) is 6.61 Å². The van der Waals surface area contributed by atoms with Gasteiger partial charge >= 0.3 is 5.97 Å². The van der Waals surface area contributed by atoms with E-state index in [1.807, 2.05) is 0 Å². The smallest absolute Gasteiger partial charge is 0.339 e. The highest BCUT2D eigenvalue weighted by Gasteiger charge is 2.23. The van der Waals surface area contributed by atoms with Gasteiger partial charge in [-0.15, -0.1) is 0 Å². The van der Waals surface area contributed by atoms with Gasteiger partial charge in [0.2, 0.25) is 0 Å². The van der Waals surface area contributed by atoms with E-state index in [0.29, 0.717) is 36.6 Å². The average Bonchev–Trinajstić information content (AvgIpc) is 3.08. The van der Waals surface area contributed by atoms with Crippen molar-refractivity contribution < 1.29 is 9.53 Å². The lowest BCUT2D eigenvalue weighted by atomic mass is 9.98. The number of carbonyl (C=O) groups excluding carboxylic acids is 1. The van der Waals surface area contributed by atoms with Crippen LogP contribution in [0, 0.1) is 0 Å². The van der Waals surface area contributed by atoms with Crippen molar-refractivity contribution in [3.8, 4) is 0 Å². The van der Waals surface area contributed by atoms with Crippen LogP contribution in [0.25, 0.3) is 0 Å². The molecular formula is C21H25NO3. The van der Waals surface area contributed by atoms with Crippen LogP contribution in [0.2, 0.25) is 0 Å². The number of rotatable bonds is 5. The molecule has 0 amide bonds. The van der Waals surface area contributed by atoms with E-state index in [1.54, 1.807) is 17.6 Å². The Labute approximate surface area is 148 Å². The first kappa shape index (κ1) is 17.5. The topological polar surface area (TPSA) is 48.3 Å². The van der Waals surface area contributed by atoms with Gasteiger partial charge in [0, 0.05) is 24.2 Å². The number of fused-ring (bicyclic) bond motifs is 1. The van der Waals surface area contributed by atoms with Crippen LogP contribution in [-0.2, 0) is 24.1 Å². The monoisotopic (exact) mass is 339 g/mol. The number of carbonyl (C=O) groups is 1. The van der Waals surface area contributed by atoms with E-state index >= 15 is 0 Å². The summed E-state index contributed by atoms with van der Waals surface area (Å²) in [7, 11) is 0. The summed E-state index contributed by atoms with van der Waals surface area (Å²) in [5, 5.41) is 0. The third-order valence-electron chi connectivity index (χ3n) is 4.81. The van der Waals surface area contributed by atoms with Gasteiger partial charge in [-0.1, -0.05) is 38.1 Å². The summed E-state index contributed by atoms with van der Waals surface area (Å²) in [4.78, 5) is 25.1. The van der Waals surface area contributed by atoms with Gasteiger partial charge < -0.3 is 9.30 Å². The molecule has 25 heavy (non-hydrogen) atoms. The van der Waals surface area contributed by atoms with Crippen molar-refractivity contribution in [2.45, 2.75) is 52.5 Å². The van der Waals surface area contributed by atoms with E-state index in [2.05, 4.69) is 38.1 Å². The molecule has 3 rings (SSSR count). The molecular weight excluding hydrogens is 314 g/mol. The zero-order valence-electron chi connectivity index (χ0n) is 15.2. The van der Waals surface area contributed by atoms with E-state index in [-0.39, 0.29) is 11.5 Å². The molecule has 0 aliphatic carbocycles. The summed E-state index contributed by atoms with van der Waals surface area (Å²) < 4.78 is 6.94. The Morgan fingerprint density at radius 1 is 1.24 bits per heavy atom. The number of hydrogen-bond donors (Lipinski definition) is 0. The summed E-state index contributed by atoms with van der Waals surface area (Å²) in [6, 6.07) is 10.1. The second-order valence-electron chi connectivity index (χ2n) is 6.88. The molecule has 0 unspecified atom stereocenters. The second-order valence-corrected chi connectivity index (χ2v) is 6.88. The van der Waals surface area contributed by atoms with Crippen molar-refractivity contribution in [3.63, 3.8) is 0 Å². The van der Waals surface area contributed by atoms with Crippen LogP contribution in [0.1, 0.15) is 65.9 Å². The van der Waals surface area contributed by atoms with Gasteiger partial charge in [0.1, 0.15) is 0 Å². The summed E-state index contributed by atoms with van der Waals surface area (Å²) in [6.45, 7) is 7.13. The molecule has 1 aromatic heterocycles. The standard InChI is InChI=1S/C21H25NO3/c1-4-25-21(24)18-13-17(20(23)22-11-5-6-19(18)22)12-15-7-9-16(10-8-15)14(2)3/h7-10,13-14H,4-6,11-12H2,1-3H3. The van der Waals surface area contributed by atoms with Crippen molar-refractivity contribution in [2.24, 2.45) is 0 Å². The lowest BCUT2D eigenvalue weighted by Crippen LogP contribution is -2.26. The largest absolute Gasteiger partial charge is 0.462 e. The predicted molar refractivity (Wildman–Crippen MR) is 98.3 cm³/mol. The van der Waals surface area contributed by atoms with Crippen LogP contribution >= 0.6 is 0 Å². The zero-order valence-corrected chi connectivity index (χ0v) is 15.2. The maximum atomic E-state index is 12.8. The summed E-state index contributed by atoms with van der Waals surface area (Å²) in [6.07, 6.45) is 2.19. The fourth-order valence-electron chi connectivity index (χ4n) is 3.42. The van der Waals surface area contributed by atoms with Gasteiger partial charge in [0.05, 0.1) is 12.2 Å². The van der Waals surface area contributed by atoms with Crippen LogP contribution in [0.4, 0.5) is 0 Å². The Bertz CT molecular complexity index is 831. The van der Waals surface area contributed by atoms with Gasteiger partial charge in [0.15, 0.2) is 0 Å². The lowest BCUT2D eigenvalue weighted by molar-refractivity contribution is 0.0524. The Morgan fingerprint density at radius 2 is 1.96 bits per heavy atom. The molecule has 1 aliphatic heterocycles. The SMILES string of the molecule is CCOC(=O)c1cc(Cc2ccc(C(C)C)cc2)c(=O)n2c1CCC2. The molecule has 0 bridgehead atoms. The van der Waals surface area contributed by atoms with E-state index in [0.717, 1.165) is 24.1 Å². The molecule has 0 atom stereocenters. The van der Waals surface area contributed by atoms with Crippen LogP contribution in [0.15, 0.2) is 35.1 Å². The van der Waals surface area contributed by atoms with E-state index in [4.69, 9.17) is 4.74 Å². The van der Waals surface area contributed by atoms with Crippen LogP contribution in [0.5, 0.6) is 0 Å². The Hall–Kier alpha value is -2.36. The van der Waals surface area contributed by atoms with E-state index in [9.17, 15) is 9.59 Å². The zero-order chi connectivity index (χ0) is 18.0. The van der Waals surface area contributed by atoms with Gasteiger partial charge in [-0.25, -0.2) is 4.79 Å². The molecule has 2 heterocycles. The number of aromatic nitrogens is 1. The minimum Gasteiger partial charge on any atom is -0.462 e. The quantitative estimate of drug-likeness (QED) is 0.781. The molecule has 0 N–H and O–H groups in total. The number of benzene rings is 1. The van der Waals surface area contributed by atoms with E-state index < -0.39 is 0 Å². The molecule has 2 aromatic rings. The first-order valence-electron chi connectivity index (χ1n) is 9.02. The molecule has 132 valence electrons. The summed E-state index contributed by atoms with van der Waals surface area (Å²) in [5.74, 6) is 0.152. The Balaban J connectivity index is 1.97. The average molecular weight is 339 g/mol. The highest BCUT2D eigenvalue weighted by atomic mass is 16.5. The molecule has 0 radical (unpaired) electrons. The molecule has 4 heteroatoms. The molecule has 0 fully saturated rings. The molecule has 4 nitrogen and oxygen atoms in total. The Morgan fingerprint density at radius 3 is 2.60 bits per heavy atom. The third-order valence-corrected chi connectivity index (χ3v) is 4.81. The molecule has 0 spiro atoms. The summed E-state index contributed by atoms with van der Waals surface area (Å²) >= 11 is 0. The minimum absolute atomic E-state index is 0.0217. The van der Waals surface area contributed by atoms with Crippen LogP contribution < -0.4 is 5.56 Å². The van der Waals surface area contributed by atoms with Gasteiger partial charge in [-0.2, -0.15) is 0 Å². The lowest BCUT2D eigenvalue weighted by Gasteiger charge is -2.13. The third kappa shape index (κ3) is 3.53. The van der Waals surface area contributed by atoms with Crippen molar-refractivity contribution in [1.29, 1.82) is 0 Å². The number of ether oxygens (including phenoxy) is 1. The maximum absolute atomic E-state index is 12.8. The van der Waals surface area contributed by atoms with Crippen molar-refractivity contribution in [1.82, 2.24) is 4.57 Å². The second kappa shape index (κ2) is 7.26. The highest BCUT2D eigenvalue weighted by molar-refractivity contribution is 5.91. The van der Waals surface area contributed by atoms with Crippen LogP contribution in [-0.4, -0.2) is 17.1 Å². The number of nitrogens with zero attached hydrogens (tertiary/aromatic N) is 1. The normalized spacial score (nSPS) is 13.1. The molecule has 0 saturated carbocycles. The number of hydrogen-bond acceptors (Lipinski definition) is 3. The molecule has 0 saturated heterocycles. The van der Waals surface area contributed by atoms with Gasteiger partial charge in [-0.3, -0.25) is 4.79 Å². The first-order chi connectivity index (χ1) is 12.0. The first-order valence-corrected chi connectivity index (χ1v) is 9.02. The number of pyridine rings is 1. The molecule has 1 aliphatic rings. The number of esters is 1. The highest BCUT2D eigenvalue weighted by Crippen LogP contribution is 2.21. The van der Waals surface area contributed by atoms with Gasteiger partial charge in [0.25, 0.3) is 5.56 Å². The fraction of sp³-hybridized carbons (Fsp3) is 0.429. The molecule has 1 aromatic carbocycles. The van der Waals surface area contributed by atoms with Gasteiger partial charge in [-0.05, 0) is 42.9 Å². The fourth-order valence-corrected chi connectivity index (χ4v) is 3.42. The van der Waals surface area contributed by atoms with Crippen LogP contribution in [0.3, 0.4) is 0 Å². The summed E-state index contributed by atoms with van der Waals surface area (Å²) in [5.41, 5.74) is 4.41. The van der Waals surface area contributed by atoms with E-state index in [1.165, 1.54) is 5.56 Å². The van der Waals surface area contributed by atoms with Crippen molar-refractivity contribution >= 4 is 5.97 Å². The minimum atomic E-state index is -0.329.